The molecule has 0 aliphatic heterocycles. The lowest BCUT2D eigenvalue weighted by Gasteiger charge is -2.24. The predicted molar refractivity (Wildman–Crippen MR) is 88.1 cm³/mol. The molecule has 1 rings (SSSR count). The van der Waals surface area contributed by atoms with Gasteiger partial charge >= 0.3 is 0 Å². The number of nitrogens with two attached hydrogens (primary N) is 1. The van der Waals surface area contributed by atoms with Crippen LogP contribution in [0.1, 0.15) is 48.7 Å². The summed E-state index contributed by atoms with van der Waals surface area (Å²) < 4.78 is 0. The number of benzene rings is 1. The van der Waals surface area contributed by atoms with E-state index in [4.69, 9.17) is 5.73 Å². The predicted octanol–water partition coefficient (Wildman–Crippen LogP) is 2.81. The van der Waals surface area contributed by atoms with Gasteiger partial charge in [0.15, 0.2) is 0 Å². The topological polar surface area (TPSA) is 46.3 Å². The van der Waals surface area contributed by atoms with Crippen LogP contribution in [-0.4, -0.2) is 30.4 Å². The molecule has 1 unspecified atom stereocenters. The largest absolute Gasteiger partial charge is 0.339 e. The lowest BCUT2D eigenvalue weighted by atomic mass is 10.0. The molecule has 114 valence electrons. The Kier molecular flexibility index (Phi) is 6.98. The Labute approximate surface area is 128 Å². The number of hydrogen-bond donors (Lipinski definition) is 1. The molecule has 1 aromatic rings. The Morgan fingerprint density at radius 1 is 1.33 bits per heavy atom. The molecule has 3 heteroatoms. The van der Waals surface area contributed by atoms with Crippen molar-refractivity contribution >= 4 is 5.91 Å². The van der Waals surface area contributed by atoms with E-state index < -0.39 is 0 Å². The fourth-order valence-corrected chi connectivity index (χ4v) is 2.18. The first-order chi connectivity index (χ1) is 10.0. The van der Waals surface area contributed by atoms with Crippen molar-refractivity contribution in [1.82, 2.24) is 4.90 Å². The summed E-state index contributed by atoms with van der Waals surface area (Å²) in [6.07, 6.45) is 1.07. The zero-order chi connectivity index (χ0) is 15.8. The maximum Gasteiger partial charge on any atom is 0.253 e. The SMILES string of the molecule is CCC(C)CN(CC)C(=O)c1cc(C)cc(C#CCN)c1. The molecule has 0 aliphatic carbocycles. The molecule has 0 spiro atoms. The molecular formula is C18H26N2O. The normalized spacial score (nSPS) is 11.5. The Bertz CT molecular complexity index is 540. The van der Waals surface area contributed by atoms with Gasteiger partial charge in [0.1, 0.15) is 0 Å². The lowest BCUT2D eigenvalue weighted by molar-refractivity contribution is 0.0740. The third-order valence-electron chi connectivity index (χ3n) is 3.56. The van der Waals surface area contributed by atoms with Crippen LogP contribution in [0.25, 0.3) is 0 Å². The summed E-state index contributed by atoms with van der Waals surface area (Å²) in [5.41, 5.74) is 8.01. The van der Waals surface area contributed by atoms with Crippen LogP contribution in [0.3, 0.4) is 0 Å². The molecule has 0 aliphatic rings. The van der Waals surface area contributed by atoms with Crippen LogP contribution in [0.2, 0.25) is 0 Å². The molecule has 0 heterocycles. The number of carbonyl (C=O) groups is 1. The molecule has 0 saturated heterocycles. The van der Waals surface area contributed by atoms with E-state index in [9.17, 15) is 4.79 Å². The van der Waals surface area contributed by atoms with E-state index in [1.165, 1.54) is 0 Å². The number of nitrogens with zero attached hydrogens (tertiary/aromatic N) is 1. The van der Waals surface area contributed by atoms with Crippen LogP contribution >= 0.6 is 0 Å². The standard InChI is InChI=1S/C18H26N2O/c1-5-14(3)13-20(6-2)18(21)17-11-15(4)10-16(12-17)8-7-9-19/h10-12,14H,5-6,9,13,19H2,1-4H3. The Morgan fingerprint density at radius 2 is 2.05 bits per heavy atom. The molecule has 0 bridgehead atoms. The van der Waals surface area contributed by atoms with E-state index in [-0.39, 0.29) is 5.91 Å². The molecule has 0 radical (unpaired) electrons. The highest BCUT2D eigenvalue weighted by Gasteiger charge is 2.16. The fourth-order valence-electron chi connectivity index (χ4n) is 2.18. The average Bonchev–Trinajstić information content (AvgIpc) is 2.49. The number of rotatable bonds is 5. The molecule has 21 heavy (non-hydrogen) atoms. The van der Waals surface area contributed by atoms with Crippen LogP contribution in [0.5, 0.6) is 0 Å². The van der Waals surface area contributed by atoms with Crippen LogP contribution in [0.4, 0.5) is 0 Å². The van der Waals surface area contributed by atoms with Crippen molar-refractivity contribution in [1.29, 1.82) is 0 Å². The summed E-state index contributed by atoms with van der Waals surface area (Å²) in [4.78, 5) is 14.6. The minimum Gasteiger partial charge on any atom is -0.339 e. The Hall–Kier alpha value is -1.79. The second-order valence-corrected chi connectivity index (χ2v) is 5.45. The van der Waals surface area contributed by atoms with Crippen molar-refractivity contribution in [2.24, 2.45) is 11.7 Å². The maximum atomic E-state index is 12.7. The van der Waals surface area contributed by atoms with E-state index >= 15 is 0 Å². The Morgan fingerprint density at radius 3 is 2.62 bits per heavy atom. The monoisotopic (exact) mass is 286 g/mol. The van der Waals surface area contributed by atoms with Crippen LogP contribution < -0.4 is 5.73 Å². The van der Waals surface area contributed by atoms with Gasteiger partial charge < -0.3 is 10.6 Å². The van der Waals surface area contributed by atoms with Crippen LogP contribution in [0, 0.1) is 24.7 Å². The second kappa shape index (κ2) is 8.49. The highest BCUT2D eigenvalue weighted by molar-refractivity contribution is 5.94. The molecule has 2 N–H and O–H groups in total. The molecule has 3 nitrogen and oxygen atoms in total. The third-order valence-corrected chi connectivity index (χ3v) is 3.56. The number of amides is 1. The second-order valence-electron chi connectivity index (χ2n) is 5.45. The Balaban J connectivity index is 3.02. The molecule has 1 aromatic carbocycles. The van der Waals surface area contributed by atoms with Crippen LogP contribution in [0.15, 0.2) is 18.2 Å². The molecule has 0 fully saturated rings. The summed E-state index contributed by atoms with van der Waals surface area (Å²) in [6.45, 7) is 10.2. The highest BCUT2D eigenvalue weighted by atomic mass is 16.2. The molecule has 1 atom stereocenters. The summed E-state index contributed by atoms with van der Waals surface area (Å²) >= 11 is 0. The van der Waals surface area contributed by atoms with Crippen molar-refractivity contribution < 1.29 is 4.79 Å². The quantitative estimate of drug-likeness (QED) is 0.846. The van der Waals surface area contributed by atoms with Gasteiger partial charge in [0, 0.05) is 24.2 Å². The fraction of sp³-hybridized carbons (Fsp3) is 0.500. The smallest absolute Gasteiger partial charge is 0.253 e. The van der Waals surface area contributed by atoms with Gasteiger partial charge in [0.25, 0.3) is 5.91 Å². The van der Waals surface area contributed by atoms with E-state index in [1.807, 2.05) is 36.9 Å². The van der Waals surface area contributed by atoms with Gasteiger partial charge in [-0.3, -0.25) is 4.79 Å². The first kappa shape index (κ1) is 17.3. The van der Waals surface area contributed by atoms with E-state index in [0.717, 1.165) is 30.6 Å². The van der Waals surface area contributed by atoms with Gasteiger partial charge in [-0.15, -0.1) is 0 Å². The minimum atomic E-state index is 0.0808. The van der Waals surface area contributed by atoms with Crippen molar-refractivity contribution in [3.8, 4) is 11.8 Å². The zero-order valence-electron chi connectivity index (χ0n) is 13.6. The third kappa shape index (κ3) is 5.24. The summed E-state index contributed by atoms with van der Waals surface area (Å²) in [7, 11) is 0. The number of carbonyl (C=O) groups excluding carboxylic acids is 1. The van der Waals surface area contributed by atoms with Gasteiger partial charge in [0.2, 0.25) is 0 Å². The summed E-state index contributed by atoms with van der Waals surface area (Å²) in [5, 5.41) is 0. The lowest BCUT2D eigenvalue weighted by Crippen LogP contribution is -2.34. The minimum absolute atomic E-state index is 0.0808. The van der Waals surface area contributed by atoms with Crippen LogP contribution in [-0.2, 0) is 0 Å². The molecule has 0 saturated carbocycles. The van der Waals surface area contributed by atoms with Gasteiger partial charge in [-0.05, 0) is 43.5 Å². The highest BCUT2D eigenvalue weighted by Crippen LogP contribution is 2.13. The van der Waals surface area contributed by atoms with Gasteiger partial charge in [-0.25, -0.2) is 0 Å². The van der Waals surface area contributed by atoms with Gasteiger partial charge in [0.05, 0.1) is 6.54 Å². The molecule has 1 amide bonds. The van der Waals surface area contributed by atoms with Crippen molar-refractivity contribution in [3.05, 3.63) is 34.9 Å². The first-order valence-corrected chi connectivity index (χ1v) is 7.61. The van der Waals surface area contributed by atoms with Crippen molar-refractivity contribution in [2.75, 3.05) is 19.6 Å². The van der Waals surface area contributed by atoms with Gasteiger partial charge in [-0.1, -0.05) is 32.1 Å². The number of hydrogen-bond acceptors (Lipinski definition) is 2. The summed E-state index contributed by atoms with van der Waals surface area (Å²) in [5.74, 6) is 6.43. The first-order valence-electron chi connectivity index (χ1n) is 7.61. The molecule has 0 aromatic heterocycles. The van der Waals surface area contributed by atoms with E-state index in [0.29, 0.717) is 18.0 Å². The van der Waals surface area contributed by atoms with Gasteiger partial charge in [-0.2, -0.15) is 0 Å². The van der Waals surface area contributed by atoms with E-state index in [2.05, 4.69) is 25.7 Å². The average molecular weight is 286 g/mol. The van der Waals surface area contributed by atoms with Crippen molar-refractivity contribution in [3.63, 3.8) is 0 Å². The summed E-state index contributed by atoms with van der Waals surface area (Å²) in [6, 6.07) is 5.76. The van der Waals surface area contributed by atoms with Crippen molar-refractivity contribution in [2.45, 2.75) is 34.1 Å². The molecular weight excluding hydrogens is 260 g/mol. The number of aryl methyl sites for hydroxylation is 1. The maximum absolute atomic E-state index is 12.7. The zero-order valence-corrected chi connectivity index (χ0v) is 13.6. The van der Waals surface area contributed by atoms with E-state index in [1.54, 1.807) is 0 Å².